The summed E-state index contributed by atoms with van der Waals surface area (Å²) in [5.74, 6) is 2.70. The van der Waals surface area contributed by atoms with Crippen LogP contribution >= 0.6 is 11.3 Å². The Morgan fingerprint density at radius 3 is 2.74 bits per heavy atom. The van der Waals surface area contributed by atoms with Crippen LogP contribution in [0.2, 0.25) is 0 Å². The molecule has 0 bridgehead atoms. The van der Waals surface area contributed by atoms with Gasteiger partial charge in [0.05, 0.1) is 0 Å². The average Bonchev–Trinajstić information content (AvgIpc) is 2.93. The van der Waals surface area contributed by atoms with E-state index in [9.17, 15) is 0 Å². The van der Waals surface area contributed by atoms with Gasteiger partial charge in [-0.25, -0.2) is 0 Å². The van der Waals surface area contributed by atoms with Crippen LogP contribution < -0.4 is 5.73 Å². The van der Waals surface area contributed by atoms with Crippen molar-refractivity contribution in [3.8, 4) is 0 Å². The van der Waals surface area contributed by atoms with Crippen molar-refractivity contribution < 1.29 is 0 Å². The normalized spacial score (nSPS) is 31.1. The molecule has 3 unspecified atom stereocenters. The molecular weight excluding hydrogens is 254 g/mol. The van der Waals surface area contributed by atoms with Crippen molar-refractivity contribution >= 4 is 11.3 Å². The molecule has 0 aromatic carbocycles. The molecule has 2 saturated carbocycles. The second kappa shape index (κ2) is 6.31. The van der Waals surface area contributed by atoms with Crippen LogP contribution in [0.25, 0.3) is 0 Å². The smallest absolute Gasteiger partial charge is 0.120 e. The van der Waals surface area contributed by atoms with E-state index < -0.39 is 0 Å². The SMILES string of the molecule is NCCCc1nnc(C2CCC3CCCCC3C2)s1. The zero-order valence-corrected chi connectivity index (χ0v) is 12.5. The van der Waals surface area contributed by atoms with Gasteiger partial charge in [-0.15, -0.1) is 21.5 Å². The van der Waals surface area contributed by atoms with Crippen LogP contribution in [0.4, 0.5) is 0 Å². The first-order valence-corrected chi connectivity index (χ1v) is 8.71. The maximum absolute atomic E-state index is 5.56. The number of aryl methyl sites for hydroxylation is 1. The van der Waals surface area contributed by atoms with Crippen molar-refractivity contribution in [2.45, 2.75) is 63.7 Å². The average molecular weight is 279 g/mol. The topological polar surface area (TPSA) is 51.8 Å². The van der Waals surface area contributed by atoms with E-state index in [-0.39, 0.29) is 0 Å². The quantitative estimate of drug-likeness (QED) is 0.917. The third-order valence-electron chi connectivity index (χ3n) is 4.97. The van der Waals surface area contributed by atoms with Gasteiger partial charge in [0, 0.05) is 12.3 Å². The Kier molecular flexibility index (Phi) is 4.49. The molecule has 2 aliphatic rings. The highest BCUT2D eigenvalue weighted by Gasteiger charge is 2.33. The Labute approximate surface area is 120 Å². The van der Waals surface area contributed by atoms with Gasteiger partial charge >= 0.3 is 0 Å². The third-order valence-corrected chi connectivity index (χ3v) is 6.11. The van der Waals surface area contributed by atoms with Gasteiger partial charge in [-0.05, 0) is 44.1 Å². The molecule has 2 aliphatic carbocycles. The second-order valence-electron chi connectivity index (χ2n) is 6.24. The van der Waals surface area contributed by atoms with E-state index in [1.54, 1.807) is 0 Å². The number of nitrogens with two attached hydrogens (primary N) is 1. The maximum atomic E-state index is 5.56. The van der Waals surface area contributed by atoms with Crippen LogP contribution in [0.1, 0.15) is 67.3 Å². The second-order valence-corrected chi connectivity index (χ2v) is 7.33. The molecule has 3 nitrogen and oxygen atoms in total. The van der Waals surface area contributed by atoms with Gasteiger partial charge in [0.2, 0.25) is 0 Å². The fourth-order valence-electron chi connectivity index (χ4n) is 3.88. The first-order chi connectivity index (χ1) is 9.36. The first kappa shape index (κ1) is 13.5. The summed E-state index contributed by atoms with van der Waals surface area (Å²) in [6.07, 6.45) is 12.0. The van der Waals surface area contributed by atoms with Gasteiger partial charge in [0.1, 0.15) is 10.0 Å². The molecule has 19 heavy (non-hydrogen) atoms. The number of fused-ring (bicyclic) bond motifs is 1. The molecule has 3 atom stereocenters. The van der Waals surface area contributed by atoms with Crippen molar-refractivity contribution in [1.29, 1.82) is 0 Å². The molecule has 2 N–H and O–H groups in total. The molecule has 0 radical (unpaired) electrons. The van der Waals surface area contributed by atoms with Crippen LogP contribution in [-0.4, -0.2) is 16.7 Å². The highest BCUT2D eigenvalue weighted by molar-refractivity contribution is 7.11. The summed E-state index contributed by atoms with van der Waals surface area (Å²) in [5, 5.41) is 11.3. The van der Waals surface area contributed by atoms with Crippen molar-refractivity contribution in [3.05, 3.63) is 10.0 Å². The lowest BCUT2D eigenvalue weighted by molar-refractivity contribution is 0.155. The van der Waals surface area contributed by atoms with Gasteiger partial charge in [0.25, 0.3) is 0 Å². The van der Waals surface area contributed by atoms with Crippen molar-refractivity contribution in [3.63, 3.8) is 0 Å². The van der Waals surface area contributed by atoms with Crippen LogP contribution in [0.5, 0.6) is 0 Å². The molecule has 0 saturated heterocycles. The lowest BCUT2D eigenvalue weighted by atomic mass is 9.68. The molecule has 2 fully saturated rings. The fraction of sp³-hybridized carbons (Fsp3) is 0.867. The number of aromatic nitrogens is 2. The van der Waals surface area contributed by atoms with Crippen LogP contribution in [0.15, 0.2) is 0 Å². The minimum absolute atomic E-state index is 0.698. The molecule has 1 aromatic heterocycles. The molecule has 0 amide bonds. The lowest BCUT2D eigenvalue weighted by Gasteiger charge is -2.38. The third kappa shape index (κ3) is 3.16. The van der Waals surface area contributed by atoms with E-state index in [0.717, 1.165) is 31.2 Å². The van der Waals surface area contributed by atoms with Gasteiger partial charge < -0.3 is 5.73 Å². The Morgan fingerprint density at radius 1 is 1.05 bits per heavy atom. The van der Waals surface area contributed by atoms with Crippen LogP contribution in [0.3, 0.4) is 0 Å². The summed E-state index contributed by atoms with van der Waals surface area (Å²) in [7, 11) is 0. The minimum atomic E-state index is 0.698. The number of nitrogens with zero attached hydrogens (tertiary/aromatic N) is 2. The highest BCUT2D eigenvalue weighted by Crippen LogP contribution is 2.46. The van der Waals surface area contributed by atoms with E-state index in [4.69, 9.17) is 5.73 Å². The van der Waals surface area contributed by atoms with Crippen molar-refractivity contribution in [2.75, 3.05) is 6.54 Å². The predicted octanol–water partition coefficient (Wildman–Crippen LogP) is 3.50. The monoisotopic (exact) mass is 279 g/mol. The Hall–Kier alpha value is -0.480. The molecule has 3 rings (SSSR count). The molecule has 0 aliphatic heterocycles. The maximum Gasteiger partial charge on any atom is 0.120 e. The largest absolute Gasteiger partial charge is 0.330 e. The Balaban J connectivity index is 1.61. The summed E-state index contributed by atoms with van der Waals surface area (Å²) >= 11 is 1.84. The number of hydrogen-bond acceptors (Lipinski definition) is 4. The van der Waals surface area contributed by atoms with E-state index in [1.807, 2.05) is 11.3 Å². The standard InChI is InChI=1S/C15H25N3S/c16-9-3-6-14-17-18-15(19-14)13-8-7-11-4-1-2-5-12(11)10-13/h11-13H,1-10,16H2. The first-order valence-electron chi connectivity index (χ1n) is 7.89. The van der Waals surface area contributed by atoms with Crippen LogP contribution in [0, 0.1) is 11.8 Å². The number of rotatable bonds is 4. The lowest BCUT2D eigenvalue weighted by Crippen LogP contribution is -2.26. The Bertz CT molecular complexity index is 404. The zero-order valence-electron chi connectivity index (χ0n) is 11.7. The molecule has 1 aromatic rings. The van der Waals surface area contributed by atoms with Crippen LogP contribution in [-0.2, 0) is 6.42 Å². The fourth-order valence-corrected chi connectivity index (χ4v) is 4.92. The summed E-state index contributed by atoms with van der Waals surface area (Å²) < 4.78 is 0. The Morgan fingerprint density at radius 2 is 1.89 bits per heavy atom. The summed E-state index contributed by atoms with van der Waals surface area (Å²) in [4.78, 5) is 0. The van der Waals surface area contributed by atoms with Gasteiger partial charge in [-0.3, -0.25) is 0 Å². The molecule has 106 valence electrons. The molecular formula is C15H25N3S. The van der Waals surface area contributed by atoms with E-state index in [2.05, 4.69) is 10.2 Å². The zero-order chi connectivity index (χ0) is 13.1. The van der Waals surface area contributed by atoms with E-state index in [0.29, 0.717) is 5.92 Å². The summed E-state index contributed by atoms with van der Waals surface area (Å²) in [6, 6.07) is 0. The van der Waals surface area contributed by atoms with E-state index >= 15 is 0 Å². The van der Waals surface area contributed by atoms with Gasteiger partial charge in [0.15, 0.2) is 0 Å². The predicted molar refractivity (Wildman–Crippen MR) is 79.3 cm³/mol. The van der Waals surface area contributed by atoms with Gasteiger partial charge in [-0.1, -0.05) is 25.7 Å². The summed E-state index contributed by atoms with van der Waals surface area (Å²) in [5.41, 5.74) is 5.56. The summed E-state index contributed by atoms with van der Waals surface area (Å²) in [6.45, 7) is 0.752. The molecule has 0 spiro atoms. The highest BCUT2D eigenvalue weighted by atomic mass is 32.1. The minimum Gasteiger partial charge on any atom is -0.330 e. The van der Waals surface area contributed by atoms with Crippen molar-refractivity contribution in [2.24, 2.45) is 17.6 Å². The number of hydrogen-bond donors (Lipinski definition) is 1. The molecule has 1 heterocycles. The van der Waals surface area contributed by atoms with Gasteiger partial charge in [-0.2, -0.15) is 0 Å². The van der Waals surface area contributed by atoms with Crippen molar-refractivity contribution in [1.82, 2.24) is 10.2 Å². The van der Waals surface area contributed by atoms with E-state index in [1.165, 1.54) is 55.0 Å². The molecule has 4 heteroatoms.